The lowest BCUT2D eigenvalue weighted by Crippen LogP contribution is -2.38. The van der Waals surface area contributed by atoms with Crippen LogP contribution in [0.3, 0.4) is 0 Å². The molecule has 2 rings (SSSR count). The Labute approximate surface area is 166 Å². The summed E-state index contributed by atoms with van der Waals surface area (Å²) in [5, 5.41) is 9.70. The van der Waals surface area contributed by atoms with Gasteiger partial charge in [0.1, 0.15) is 5.76 Å². The Bertz CT molecular complexity index is 775. The summed E-state index contributed by atoms with van der Waals surface area (Å²) in [6.45, 7) is 3.07. The summed E-state index contributed by atoms with van der Waals surface area (Å²) in [6, 6.07) is 9.33. The molecule has 0 radical (unpaired) electrons. The van der Waals surface area contributed by atoms with Gasteiger partial charge in [0, 0.05) is 22.3 Å². The second-order valence-corrected chi connectivity index (χ2v) is 6.74. The lowest BCUT2D eigenvalue weighted by Gasteiger charge is -2.09. The van der Waals surface area contributed by atoms with Crippen LogP contribution in [0.1, 0.15) is 37.5 Å². The number of hydrogen-bond donors (Lipinski definition) is 3. The van der Waals surface area contributed by atoms with E-state index in [9.17, 15) is 9.59 Å². The van der Waals surface area contributed by atoms with E-state index in [0.717, 1.165) is 40.7 Å². The first kappa shape index (κ1) is 20.7. The van der Waals surface area contributed by atoms with Gasteiger partial charge >= 0.3 is 11.8 Å². The maximum absolute atomic E-state index is 11.8. The van der Waals surface area contributed by atoms with Gasteiger partial charge in [-0.3, -0.25) is 9.59 Å². The summed E-state index contributed by atoms with van der Waals surface area (Å²) >= 11 is 3.41. The highest BCUT2D eigenvalue weighted by Gasteiger charge is 2.11. The molecule has 0 fully saturated rings. The summed E-state index contributed by atoms with van der Waals surface area (Å²) < 4.78 is 6.17. The number of rotatable bonds is 9. The standard InChI is InChI=1S/C19H23BrN4O3/c1-2-3-4-9-21-18(25)19(26)24-23-12-14-11-15(20)7-8-17(14)22-13-16-6-5-10-27-16/h5-8,10-12,22H,2-4,9,13H2,1H3,(H,21,25)(H,24,26)/b23-12-. The van der Waals surface area contributed by atoms with Crippen LogP contribution in [0.25, 0.3) is 0 Å². The number of halogens is 1. The Morgan fingerprint density at radius 2 is 2.07 bits per heavy atom. The van der Waals surface area contributed by atoms with Gasteiger partial charge in [-0.1, -0.05) is 35.7 Å². The highest BCUT2D eigenvalue weighted by Crippen LogP contribution is 2.20. The molecule has 3 N–H and O–H groups in total. The molecule has 1 aromatic heterocycles. The van der Waals surface area contributed by atoms with Crippen molar-refractivity contribution >= 4 is 39.6 Å². The van der Waals surface area contributed by atoms with Crippen molar-refractivity contribution in [1.29, 1.82) is 0 Å². The molecule has 144 valence electrons. The molecule has 0 saturated carbocycles. The second kappa shape index (κ2) is 11.2. The first-order chi connectivity index (χ1) is 13.1. The van der Waals surface area contributed by atoms with Gasteiger partial charge in [0.15, 0.2) is 0 Å². The highest BCUT2D eigenvalue weighted by atomic mass is 79.9. The molecule has 0 atom stereocenters. The van der Waals surface area contributed by atoms with E-state index in [-0.39, 0.29) is 0 Å². The van der Waals surface area contributed by atoms with Gasteiger partial charge < -0.3 is 15.1 Å². The third-order valence-electron chi connectivity index (χ3n) is 3.69. The van der Waals surface area contributed by atoms with Crippen LogP contribution in [0.2, 0.25) is 0 Å². The number of carbonyl (C=O) groups is 2. The summed E-state index contributed by atoms with van der Waals surface area (Å²) in [7, 11) is 0. The average Bonchev–Trinajstić information content (AvgIpc) is 3.18. The lowest BCUT2D eigenvalue weighted by atomic mass is 10.2. The molecule has 0 saturated heterocycles. The number of hydrazone groups is 1. The smallest absolute Gasteiger partial charge is 0.329 e. The van der Waals surface area contributed by atoms with E-state index in [1.165, 1.54) is 6.21 Å². The first-order valence-corrected chi connectivity index (χ1v) is 9.56. The number of anilines is 1. The third-order valence-corrected chi connectivity index (χ3v) is 4.18. The van der Waals surface area contributed by atoms with Gasteiger partial charge in [0.05, 0.1) is 19.0 Å². The topological polar surface area (TPSA) is 95.7 Å². The second-order valence-electron chi connectivity index (χ2n) is 5.83. The largest absolute Gasteiger partial charge is 0.467 e. The van der Waals surface area contributed by atoms with Crippen LogP contribution < -0.4 is 16.1 Å². The van der Waals surface area contributed by atoms with Gasteiger partial charge in [-0.15, -0.1) is 0 Å². The quantitative estimate of drug-likeness (QED) is 0.244. The molecule has 1 aromatic carbocycles. The summed E-state index contributed by atoms with van der Waals surface area (Å²) in [5.41, 5.74) is 3.81. The van der Waals surface area contributed by atoms with Crippen LogP contribution in [0.5, 0.6) is 0 Å². The Balaban J connectivity index is 1.90. The van der Waals surface area contributed by atoms with Crippen molar-refractivity contribution in [3.8, 4) is 0 Å². The fourth-order valence-corrected chi connectivity index (χ4v) is 2.64. The Morgan fingerprint density at radius 3 is 2.81 bits per heavy atom. The zero-order valence-electron chi connectivity index (χ0n) is 15.1. The monoisotopic (exact) mass is 434 g/mol. The van der Waals surface area contributed by atoms with E-state index in [4.69, 9.17) is 4.42 Å². The molecule has 0 bridgehead atoms. The number of nitrogens with one attached hydrogen (secondary N) is 3. The Kier molecular flexibility index (Phi) is 8.57. The lowest BCUT2D eigenvalue weighted by molar-refractivity contribution is -0.139. The van der Waals surface area contributed by atoms with Crippen molar-refractivity contribution in [2.45, 2.75) is 32.7 Å². The van der Waals surface area contributed by atoms with Crippen molar-refractivity contribution in [3.05, 3.63) is 52.4 Å². The first-order valence-electron chi connectivity index (χ1n) is 8.77. The number of unbranched alkanes of at least 4 members (excludes halogenated alkanes) is 2. The minimum atomic E-state index is -0.789. The molecule has 2 amide bonds. The molecule has 7 nitrogen and oxygen atoms in total. The number of nitrogens with zero attached hydrogens (tertiary/aromatic N) is 1. The summed E-state index contributed by atoms with van der Waals surface area (Å²) in [4.78, 5) is 23.4. The van der Waals surface area contributed by atoms with Gasteiger partial charge in [-0.05, 0) is 36.8 Å². The van der Waals surface area contributed by atoms with Crippen LogP contribution in [-0.4, -0.2) is 24.6 Å². The van der Waals surface area contributed by atoms with Crippen molar-refractivity contribution < 1.29 is 14.0 Å². The van der Waals surface area contributed by atoms with Crippen LogP contribution in [0, 0.1) is 0 Å². The van der Waals surface area contributed by atoms with Gasteiger partial charge in [0.2, 0.25) is 0 Å². The molecule has 0 aliphatic rings. The molecule has 0 aliphatic carbocycles. The minimum absolute atomic E-state index is 0.482. The molecular weight excluding hydrogens is 412 g/mol. The van der Waals surface area contributed by atoms with Crippen LogP contribution in [0.15, 0.2) is 50.6 Å². The number of carbonyl (C=O) groups excluding carboxylic acids is 2. The summed E-state index contributed by atoms with van der Waals surface area (Å²) in [6.07, 6.45) is 6.01. The van der Waals surface area contributed by atoms with E-state index >= 15 is 0 Å². The van der Waals surface area contributed by atoms with Gasteiger partial charge in [-0.2, -0.15) is 5.10 Å². The van der Waals surface area contributed by atoms with E-state index in [0.29, 0.717) is 13.1 Å². The summed E-state index contributed by atoms with van der Waals surface area (Å²) in [5.74, 6) is -0.676. The zero-order chi connectivity index (χ0) is 19.5. The van der Waals surface area contributed by atoms with Crippen molar-refractivity contribution in [3.63, 3.8) is 0 Å². The minimum Gasteiger partial charge on any atom is -0.467 e. The van der Waals surface area contributed by atoms with Gasteiger partial charge in [-0.25, -0.2) is 5.43 Å². The van der Waals surface area contributed by atoms with Crippen molar-refractivity contribution in [2.24, 2.45) is 5.10 Å². The molecule has 0 spiro atoms. The highest BCUT2D eigenvalue weighted by molar-refractivity contribution is 9.10. The molecule has 0 aliphatic heterocycles. The van der Waals surface area contributed by atoms with E-state index in [2.05, 4.69) is 44.0 Å². The van der Waals surface area contributed by atoms with Gasteiger partial charge in [0.25, 0.3) is 0 Å². The van der Waals surface area contributed by atoms with Crippen LogP contribution >= 0.6 is 15.9 Å². The molecule has 0 unspecified atom stereocenters. The Hall–Kier alpha value is -2.61. The molecule has 2 aromatic rings. The predicted molar refractivity (Wildman–Crippen MR) is 108 cm³/mol. The maximum Gasteiger partial charge on any atom is 0.329 e. The SMILES string of the molecule is CCCCCNC(=O)C(=O)N/N=C\c1cc(Br)ccc1NCc1ccco1. The van der Waals surface area contributed by atoms with E-state index < -0.39 is 11.8 Å². The van der Waals surface area contributed by atoms with E-state index in [1.54, 1.807) is 6.26 Å². The fourth-order valence-electron chi connectivity index (χ4n) is 2.27. The number of hydrogen-bond acceptors (Lipinski definition) is 5. The van der Waals surface area contributed by atoms with Crippen molar-refractivity contribution in [1.82, 2.24) is 10.7 Å². The maximum atomic E-state index is 11.8. The number of amides is 2. The normalized spacial score (nSPS) is 10.7. The molecule has 27 heavy (non-hydrogen) atoms. The van der Waals surface area contributed by atoms with Crippen LogP contribution in [-0.2, 0) is 16.1 Å². The van der Waals surface area contributed by atoms with E-state index in [1.807, 2.05) is 30.3 Å². The Morgan fingerprint density at radius 1 is 1.22 bits per heavy atom. The average molecular weight is 435 g/mol. The molecule has 1 heterocycles. The fraction of sp³-hybridized carbons (Fsp3) is 0.316. The molecule has 8 heteroatoms. The van der Waals surface area contributed by atoms with Crippen molar-refractivity contribution in [2.75, 3.05) is 11.9 Å². The zero-order valence-corrected chi connectivity index (χ0v) is 16.7. The number of furan rings is 1. The van der Waals surface area contributed by atoms with Crippen LogP contribution in [0.4, 0.5) is 5.69 Å². The molecular formula is C19H23BrN4O3. The predicted octanol–water partition coefficient (Wildman–Crippen LogP) is 3.41. The third kappa shape index (κ3) is 7.26. The number of benzene rings is 1.